The van der Waals surface area contributed by atoms with Crippen LogP contribution in [0, 0.1) is 19.8 Å². The van der Waals surface area contributed by atoms with Crippen LogP contribution in [0.1, 0.15) is 35.2 Å². The van der Waals surface area contributed by atoms with Crippen molar-refractivity contribution in [2.24, 2.45) is 20.0 Å². The van der Waals surface area contributed by atoms with Gasteiger partial charge in [-0.3, -0.25) is 9.36 Å². The maximum atomic E-state index is 6.15. The van der Waals surface area contributed by atoms with Gasteiger partial charge in [-0.15, -0.1) is 0 Å². The van der Waals surface area contributed by atoms with E-state index in [4.69, 9.17) is 16.3 Å². The lowest BCUT2D eigenvalue weighted by molar-refractivity contribution is 0.0893. The normalized spacial score (nSPS) is 21.3. The molecular weight excluding hydrogens is 314 g/mol. The molecule has 1 saturated heterocycles. The average molecular weight is 338 g/mol. The highest BCUT2D eigenvalue weighted by Gasteiger charge is 2.33. The number of nitrogens with zero attached hydrogens (tertiary/aromatic N) is 4. The Morgan fingerprint density at radius 3 is 2.74 bits per heavy atom. The van der Waals surface area contributed by atoms with E-state index in [1.165, 1.54) is 11.3 Å². The summed E-state index contributed by atoms with van der Waals surface area (Å²) in [5.74, 6) is 0.448. The lowest BCUT2D eigenvalue weighted by Crippen LogP contribution is -2.26. The monoisotopic (exact) mass is 337 g/mol. The molecule has 0 amide bonds. The Morgan fingerprint density at radius 2 is 2.13 bits per heavy atom. The fraction of sp³-hybridized carbons (Fsp3) is 0.625. The minimum absolute atomic E-state index is 0.123. The summed E-state index contributed by atoms with van der Waals surface area (Å²) in [6, 6.07) is 0. The third-order valence-corrected chi connectivity index (χ3v) is 5.09. The molecule has 126 valence electrons. The van der Waals surface area contributed by atoms with E-state index in [2.05, 4.69) is 29.4 Å². The Hall–Kier alpha value is -1.37. The molecule has 0 saturated carbocycles. The maximum Gasteiger partial charge on any atom is 0.0901 e. The van der Waals surface area contributed by atoms with Gasteiger partial charge in [-0.25, -0.2) is 0 Å². The molecule has 0 aliphatic carbocycles. The van der Waals surface area contributed by atoms with E-state index in [-0.39, 0.29) is 6.10 Å². The average Bonchev–Trinajstić information content (AvgIpc) is 3.14. The number of rotatable bonds is 5. The molecule has 2 aromatic heterocycles. The van der Waals surface area contributed by atoms with E-state index in [0.717, 1.165) is 31.0 Å². The van der Waals surface area contributed by atoms with Crippen LogP contribution in [0.3, 0.4) is 0 Å². The largest absolute Gasteiger partial charge is 0.373 e. The molecule has 1 aliphatic rings. The number of halogens is 1. The molecule has 0 aromatic carbocycles. The zero-order valence-electron chi connectivity index (χ0n) is 14.1. The molecular formula is C16H24ClN5O. The number of ether oxygens (including phenoxy) is 1. The van der Waals surface area contributed by atoms with Gasteiger partial charge in [0.15, 0.2) is 0 Å². The number of nitrogens with one attached hydrogen (secondary N) is 1. The summed E-state index contributed by atoms with van der Waals surface area (Å²) in [5.41, 5.74) is 4.51. The summed E-state index contributed by atoms with van der Waals surface area (Å²) in [6.07, 6.45) is 2.87. The van der Waals surface area contributed by atoms with E-state index in [1.807, 2.05) is 23.5 Å². The summed E-state index contributed by atoms with van der Waals surface area (Å²) in [5, 5.41) is 12.9. The first kappa shape index (κ1) is 16.5. The molecule has 2 aromatic rings. The first-order chi connectivity index (χ1) is 11.0. The summed E-state index contributed by atoms with van der Waals surface area (Å²) < 4.78 is 9.77. The molecule has 23 heavy (non-hydrogen) atoms. The van der Waals surface area contributed by atoms with Gasteiger partial charge in [0.25, 0.3) is 0 Å². The zero-order chi connectivity index (χ0) is 16.6. The van der Waals surface area contributed by atoms with Gasteiger partial charge in [0.2, 0.25) is 0 Å². The van der Waals surface area contributed by atoms with Crippen molar-refractivity contribution in [3.8, 4) is 0 Å². The summed E-state index contributed by atoms with van der Waals surface area (Å²) in [7, 11) is 3.89. The van der Waals surface area contributed by atoms with Gasteiger partial charge in [-0.05, 0) is 20.3 Å². The van der Waals surface area contributed by atoms with Gasteiger partial charge in [-0.2, -0.15) is 10.2 Å². The number of aryl methyl sites for hydroxylation is 3. The molecule has 3 heterocycles. The van der Waals surface area contributed by atoms with Crippen molar-refractivity contribution < 1.29 is 4.74 Å². The summed E-state index contributed by atoms with van der Waals surface area (Å²) in [6.45, 7) is 6.57. The minimum Gasteiger partial charge on any atom is -0.373 e. The van der Waals surface area contributed by atoms with Gasteiger partial charge in [0, 0.05) is 51.0 Å². The molecule has 0 radical (unpaired) electrons. The Morgan fingerprint density at radius 1 is 1.35 bits per heavy atom. The van der Waals surface area contributed by atoms with E-state index in [9.17, 15) is 0 Å². The van der Waals surface area contributed by atoms with Crippen molar-refractivity contribution in [3.05, 3.63) is 33.9 Å². The van der Waals surface area contributed by atoms with Crippen molar-refractivity contribution >= 4 is 11.6 Å². The van der Waals surface area contributed by atoms with Gasteiger partial charge >= 0.3 is 0 Å². The Kier molecular flexibility index (Phi) is 4.75. The SMILES string of the molecule is Cc1nn(C)c(C)c1[C@H]1OCC[C@@H]1CNCc1c(Cl)cnn1C. The highest BCUT2D eigenvalue weighted by atomic mass is 35.5. The lowest BCUT2D eigenvalue weighted by atomic mass is 9.94. The minimum atomic E-state index is 0.123. The fourth-order valence-corrected chi connectivity index (χ4v) is 3.61. The molecule has 3 rings (SSSR count). The third-order valence-electron chi connectivity index (χ3n) is 4.77. The fourth-order valence-electron chi connectivity index (χ4n) is 3.37. The second-order valence-electron chi connectivity index (χ2n) is 6.24. The molecule has 2 atom stereocenters. The van der Waals surface area contributed by atoms with Crippen LogP contribution < -0.4 is 5.32 Å². The highest BCUT2D eigenvalue weighted by molar-refractivity contribution is 6.31. The zero-order valence-corrected chi connectivity index (χ0v) is 14.9. The number of hydrogen-bond acceptors (Lipinski definition) is 4. The summed E-state index contributed by atoms with van der Waals surface area (Å²) in [4.78, 5) is 0. The topological polar surface area (TPSA) is 56.9 Å². The van der Waals surface area contributed by atoms with Crippen LogP contribution in [-0.4, -0.2) is 32.7 Å². The third kappa shape index (κ3) is 3.16. The maximum absolute atomic E-state index is 6.15. The molecule has 6 nitrogen and oxygen atoms in total. The van der Waals surface area contributed by atoms with Gasteiger partial charge in [0.1, 0.15) is 0 Å². The molecule has 1 aliphatic heterocycles. The van der Waals surface area contributed by atoms with Crippen LogP contribution in [0.4, 0.5) is 0 Å². The molecule has 1 N–H and O–H groups in total. The van der Waals surface area contributed by atoms with Crippen molar-refractivity contribution in [2.75, 3.05) is 13.2 Å². The van der Waals surface area contributed by atoms with Crippen LogP contribution in [0.15, 0.2) is 6.20 Å². The van der Waals surface area contributed by atoms with Crippen molar-refractivity contribution in [2.45, 2.75) is 32.9 Å². The molecule has 0 unspecified atom stereocenters. The molecule has 0 bridgehead atoms. The highest BCUT2D eigenvalue weighted by Crippen LogP contribution is 2.37. The number of aromatic nitrogens is 4. The van der Waals surface area contributed by atoms with E-state index >= 15 is 0 Å². The van der Waals surface area contributed by atoms with E-state index in [0.29, 0.717) is 17.5 Å². The first-order valence-electron chi connectivity index (χ1n) is 7.97. The Balaban J connectivity index is 1.66. The molecule has 7 heteroatoms. The van der Waals surface area contributed by atoms with Crippen LogP contribution in [0.5, 0.6) is 0 Å². The molecule has 1 fully saturated rings. The Labute approximate surface area is 141 Å². The number of hydrogen-bond donors (Lipinski definition) is 1. The van der Waals surface area contributed by atoms with E-state index < -0.39 is 0 Å². The standard InChI is InChI=1S/C16H24ClN5O/c1-10-15(11(2)21(3)20-10)16-12(5-6-23-16)7-18-9-14-13(17)8-19-22(14)4/h8,12,16,18H,5-7,9H2,1-4H3/t12-,16+/m1/s1. The molecule has 0 spiro atoms. The predicted octanol–water partition coefficient (Wildman–Crippen LogP) is 2.29. The van der Waals surface area contributed by atoms with Crippen molar-refractivity contribution in [1.29, 1.82) is 0 Å². The predicted molar refractivity (Wildman–Crippen MR) is 89.4 cm³/mol. The van der Waals surface area contributed by atoms with Gasteiger partial charge < -0.3 is 10.1 Å². The van der Waals surface area contributed by atoms with Crippen LogP contribution in [-0.2, 0) is 25.4 Å². The van der Waals surface area contributed by atoms with Crippen LogP contribution >= 0.6 is 11.6 Å². The Bertz CT molecular complexity index is 673. The lowest BCUT2D eigenvalue weighted by Gasteiger charge is -2.20. The van der Waals surface area contributed by atoms with Crippen LogP contribution in [0.25, 0.3) is 0 Å². The van der Waals surface area contributed by atoms with E-state index in [1.54, 1.807) is 6.20 Å². The quantitative estimate of drug-likeness (QED) is 0.909. The van der Waals surface area contributed by atoms with Crippen molar-refractivity contribution in [1.82, 2.24) is 24.9 Å². The van der Waals surface area contributed by atoms with Crippen LogP contribution in [0.2, 0.25) is 5.02 Å². The van der Waals surface area contributed by atoms with Crippen molar-refractivity contribution in [3.63, 3.8) is 0 Å². The van der Waals surface area contributed by atoms with Gasteiger partial charge in [-0.1, -0.05) is 11.6 Å². The van der Waals surface area contributed by atoms with Gasteiger partial charge in [0.05, 0.1) is 28.7 Å². The summed E-state index contributed by atoms with van der Waals surface area (Å²) >= 11 is 6.15. The first-order valence-corrected chi connectivity index (χ1v) is 8.35. The second-order valence-corrected chi connectivity index (χ2v) is 6.65. The smallest absolute Gasteiger partial charge is 0.0901 e. The second kappa shape index (κ2) is 6.63.